The van der Waals surface area contributed by atoms with E-state index in [4.69, 9.17) is 31.3 Å². The molecule has 0 saturated heterocycles. The Labute approximate surface area is 144 Å². The van der Waals surface area contributed by atoms with Gasteiger partial charge in [-0.1, -0.05) is 13.8 Å². The quantitative estimate of drug-likeness (QED) is 0.231. The standard InChI is InChI=1S/C11H20N2O5.C3H6O4/c1-6(2)5-8(11(17)18)13-9(14)4-3-7(12)10(15)16;4-1-2(5)3(6)7/h6-8H,3-5,12H2,1-2H3,(H,13,14)(H,15,16)(H,17,18);2,4-5H,1H2,(H,6,7)/t7-,8-;/m0./s1. The molecule has 0 fully saturated rings. The van der Waals surface area contributed by atoms with Gasteiger partial charge >= 0.3 is 17.9 Å². The van der Waals surface area contributed by atoms with Crippen molar-refractivity contribution in [3.63, 3.8) is 0 Å². The van der Waals surface area contributed by atoms with Gasteiger partial charge in [-0.2, -0.15) is 0 Å². The summed E-state index contributed by atoms with van der Waals surface area (Å²) in [7, 11) is 0. The molecule has 25 heavy (non-hydrogen) atoms. The molecule has 0 aromatic carbocycles. The van der Waals surface area contributed by atoms with Crippen molar-refractivity contribution in [2.45, 2.75) is 51.3 Å². The number of nitrogens with two attached hydrogens (primary N) is 1. The van der Waals surface area contributed by atoms with Crippen LogP contribution in [0.25, 0.3) is 0 Å². The Morgan fingerprint density at radius 1 is 1.00 bits per heavy atom. The van der Waals surface area contributed by atoms with Crippen molar-refractivity contribution in [1.29, 1.82) is 0 Å². The minimum Gasteiger partial charge on any atom is -0.480 e. The Morgan fingerprint density at radius 2 is 1.52 bits per heavy atom. The third-order valence-electron chi connectivity index (χ3n) is 2.80. The Balaban J connectivity index is 0. The van der Waals surface area contributed by atoms with Gasteiger partial charge in [0, 0.05) is 6.42 Å². The summed E-state index contributed by atoms with van der Waals surface area (Å²) in [5.74, 6) is -4.05. The maximum absolute atomic E-state index is 11.4. The molecule has 146 valence electrons. The number of carbonyl (C=O) groups excluding carboxylic acids is 1. The molecule has 8 N–H and O–H groups in total. The monoisotopic (exact) mass is 366 g/mol. The second-order valence-electron chi connectivity index (χ2n) is 5.61. The van der Waals surface area contributed by atoms with Crippen LogP contribution in [0.15, 0.2) is 0 Å². The fraction of sp³-hybridized carbons (Fsp3) is 0.714. The minimum absolute atomic E-state index is 0.0187. The molecule has 1 unspecified atom stereocenters. The van der Waals surface area contributed by atoms with Gasteiger partial charge in [0.05, 0.1) is 6.61 Å². The first-order valence-electron chi connectivity index (χ1n) is 7.44. The van der Waals surface area contributed by atoms with E-state index in [1.807, 2.05) is 13.8 Å². The van der Waals surface area contributed by atoms with Crippen LogP contribution in [0.3, 0.4) is 0 Å². The van der Waals surface area contributed by atoms with E-state index in [9.17, 15) is 19.2 Å². The van der Waals surface area contributed by atoms with E-state index in [2.05, 4.69) is 5.32 Å². The van der Waals surface area contributed by atoms with E-state index in [1.54, 1.807) is 0 Å². The molecule has 1 amide bonds. The van der Waals surface area contributed by atoms with Crippen LogP contribution < -0.4 is 11.1 Å². The summed E-state index contributed by atoms with van der Waals surface area (Å²) in [5.41, 5.74) is 5.24. The van der Waals surface area contributed by atoms with E-state index >= 15 is 0 Å². The summed E-state index contributed by atoms with van der Waals surface area (Å²) in [6, 6.07) is -2.05. The maximum Gasteiger partial charge on any atom is 0.334 e. The predicted octanol–water partition coefficient (Wildman–Crippen LogP) is -1.78. The van der Waals surface area contributed by atoms with Crippen molar-refractivity contribution in [3.05, 3.63) is 0 Å². The highest BCUT2D eigenvalue weighted by atomic mass is 16.4. The number of aliphatic hydroxyl groups is 2. The van der Waals surface area contributed by atoms with Crippen LogP contribution >= 0.6 is 0 Å². The highest BCUT2D eigenvalue weighted by Gasteiger charge is 2.21. The Bertz CT molecular complexity index is 454. The number of nitrogens with one attached hydrogen (secondary N) is 1. The van der Waals surface area contributed by atoms with E-state index in [0.29, 0.717) is 6.42 Å². The van der Waals surface area contributed by atoms with Crippen LogP contribution in [0.5, 0.6) is 0 Å². The molecule has 0 aromatic rings. The highest BCUT2D eigenvalue weighted by molar-refractivity contribution is 5.84. The van der Waals surface area contributed by atoms with E-state index in [0.717, 1.165) is 0 Å². The van der Waals surface area contributed by atoms with Gasteiger partial charge in [-0.05, 0) is 18.8 Å². The smallest absolute Gasteiger partial charge is 0.334 e. The lowest BCUT2D eigenvalue weighted by Crippen LogP contribution is -2.42. The topological polar surface area (TPSA) is 207 Å². The number of aliphatic hydroxyl groups excluding tert-OH is 2. The lowest BCUT2D eigenvalue weighted by Gasteiger charge is -2.16. The molecular weight excluding hydrogens is 340 g/mol. The summed E-state index contributed by atoms with van der Waals surface area (Å²) in [6.45, 7) is 2.97. The summed E-state index contributed by atoms with van der Waals surface area (Å²) in [5, 5.41) is 43.5. The van der Waals surface area contributed by atoms with Crippen molar-refractivity contribution in [2.24, 2.45) is 11.7 Å². The largest absolute Gasteiger partial charge is 0.480 e. The zero-order valence-electron chi connectivity index (χ0n) is 14.1. The Morgan fingerprint density at radius 3 is 1.80 bits per heavy atom. The first-order valence-corrected chi connectivity index (χ1v) is 7.44. The van der Waals surface area contributed by atoms with Crippen LogP contribution in [-0.4, -0.2) is 74.1 Å². The second-order valence-corrected chi connectivity index (χ2v) is 5.61. The molecule has 11 nitrogen and oxygen atoms in total. The van der Waals surface area contributed by atoms with Crippen molar-refractivity contribution in [2.75, 3.05) is 6.61 Å². The first kappa shape index (κ1) is 25.0. The van der Waals surface area contributed by atoms with Crippen LogP contribution in [0.2, 0.25) is 0 Å². The normalized spacial score (nSPS) is 13.8. The van der Waals surface area contributed by atoms with Crippen LogP contribution in [-0.2, 0) is 19.2 Å². The number of hydrogen-bond donors (Lipinski definition) is 7. The van der Waals surface area contributed by atoms with Crippen LogP contribution in [0.1, 0.15) is 33.1 Å². The molecule has 0 heterocycles. The molecule has 0 radical (unpaired) electrons. The van der Waals surface area contributed by atoms with Gasteiger partial charge in [0.1, 0.15) is 12.1 Å². The fourth-order valence-electron chi connectivity index (χ4n) is 1.45. The van der Waals surface area contributed by atoms with E-state index < -0.39 is 48.6 Å². The number of rotatable bonds is 10. The number of carbonyl (C=O) groups is 4. The molecule has 0 rings (SSSR count). The maximum atomic E-state index is 11.4. The third-order valence-corrected chi connectivity index (χ3v) is 2.80. The average molecular weight is 366 g/mol. The average Bonchev–Trinajstić information content (AvgIpc) is 2.50. The Hall–Kier alpha value is -2.24. The molecule has 0 saturated carbocycles. The number of hydrogen-bond acceptors (Lipinski definition) is 7. The van der Waals surface area contributed by atoms with Gasteiger partial charge in [0.25, 0.3) is 0 Å². The summed E-state index contributed by atoms with van der Waals surface area (Å²) in [4.78, 5) is 42.3. The number of aliphatic carboxylic acids is 3. The minimum atomic E-state index is -1.63. The molecule has 0 spiro atoms. The molecule has 0 aliphatic carbocycles. The van der Waals surface area contributed by atoms with E-state index in [1.165, 1.54) is 0 Å². The van der Waals surface area contributed by atoms with Crippen molar-refractivity contribution < 1.29 is 44.7 Å². The van der Waals surface area contributed by atoms with Crippen LogP contribution in [0, 0.1) is 5.92 Å². The first-order chi connectivity index (χ1) is 11.4. The third kappa shape index (κ3) is 13.9. The predicted molar refractivity (Wildman–Crippen MR) is 84.6 cm³/mol. The number of carboxylic acids is 3. The fourth-order valence-corrected chi connectivity index (χ4v) is 1.45. The van der Waals surface area contributed by atoms with Gasteiger partial charge in [-0.25, -0.2) is 9.59 Å². The summed E-state index contributed by atoms with van der Waals surface area (Å²) < 4.78 is 0. The number of amides is 1. The zero-order chi connectivity index (χ0) is 20.2. The van der Waals surface area contributed by atoms with Gasteiger partial charge in [0.2, 0.25) is 5.91 Å². The summed E-state index contributed by atoms with van der Waals surface area (Å²) in [6.07, 6.45) is -1.42. The lowest BCUT2D eigenvalue weighted by atomic mass is 10.0. The van der Waals surface area contributed by atoms with Crippen molar-refractivity contribution in [3.8, 4) is 0 Å². The van der Waals surface area contributed by atoms with Crippen LogP contribution in [0.4, 0.5) is 0 Å². The van der Waals surface area contributed by atoms with Gasteiger partial charge in [-0.15, -0.1) is 0 Å². The van der Waals surface area contributed by atoms with Gasteiger partial charge in [-0.3, -0.25) is 9.59 Å². The zero-order valence-corrected chi connectivity index (χ0v) is 14.1. The molecule has 0 aliphatic heterocycles. The lowest BCUT2D eigenvalue weighted by molar-refractivity contribution is -0.148. The molecule has 11 heteroatoms. The molecular formula is C14H26N2O9. The molecule has 0 bridgehead atoms. The van der Waals surface area contributed by atoms with Crippen molar-refractivity contribution >= 4 is 23.8 Å². The molecule has 0 aliphatic rings. The highest BCUT2D eigenvalue weighted by Crippen LogP contribution is 2.06. The van der Waals surface area contributed by atoms with Crippen molar-refractivity contribution in [1.82, 2.24) is 5.32 Å². The second kappa shape index (κ2) is 13.1. The number of carboxylic acid groups (broad SMARTS) is 3. The van der Waals surface area contributed by atoms with E-state index in [-0.39, 0.29) is 18.8 Å². The SMILES string of the molecule is CC(C)C[C@H](NC(=O)CC[C@H](N)C(=O)O)C(=O)O.O=C(O)C(O)CO. The Kier molecular flexibility index (Phi) is 13.1. The van der Waals surface area contributed by atoms with Gasteiger partial charge in [0.15, 0.2) is 6.10 Å². The molecule has 0 aromatic heterocycles. The van der Waals surface area contributed by atoms with Gasteiger partial charge < -0.3 is 36.6 Å². The summed E-state index contributed by atoms with van der Waals surface area (Å²) >= 11 is 0. The molecule has 3 atom stereocenters.